The number of sulfonamides is 1. The molecule has 2 amide bonds. The molecule has 0 aromatic heterocycles. The summed E-state index contributed by atoms with van der Waals surface area (Å²) in [5, 5.41) is 2.24. The van der Waals surface area contributed by atoms with Gasteiger partial charge < -0.3 is 15.0 Å². The van der Waals surface area contributed by atoms with Crippen molar-refractivity contribution in [2.75, 3.05) is 38.1 Å². The SMILES string of the molecule is CCOC(=O)N1CCN(S(=O)(=O)c2ccc(NC(=O)c3ccccc3F)c(F)c2)CC1. The van der Waals surface area contributed by atoms with Crippen molar-refractivity contribution in [2.24, 2.45) is 0 Å². The third-order valence-electron chi connectivity index (χ3n) is 4.71. The fourth-order valence-corrected chi connectivity index (χ4v) is 4.50. The molecule has 3 rings (SSSR count). The normalized spacial score (nSPS) is 14.9. The van der Waals surface area contributed by atoms with Crippen molar-refractivity contribution in [3.63, 3.8) is 0 Å². The van der Waals surface area contributed by atoms with Crippen LogP contribution in [0.5, 0.6) is 0 Å². The Bertz CT molecular complexity index is 1090. The summed E-state index contributed by atoms with van der Waals surface area (Å²) >= 11 is 0. The molecule has 8 nitrogen and oxygen atoms in total. The highest BCUT2D eigenvalue weighted by Crippen LogP contribution is 2.23. The van der Waals surface area contributed by atoms with Crippen LogP contribution in [0.3, 0.4) is 0 Å². The molecule has 0 atom stereocenters. The number of carbonyl (C=O) groups excluding carboxylic acids is 2. The van der Waals surface area contributed by atoms with Crippen LogP contribution in [0.25, 0.3) is 0 Å². The molecule has 0 bridgehead atoms. The van der Waals surface area contributed by atoms with E-state index in [1.165, 1.54) is 23.1 Å². The molecule has 1 N–H and O–H groups in total. The first-order valence-electron chi connectivity index (χ1n) is 9.51. The minimum Gasteiger partial charge on any atom is -0.450 e. The van der Waals surface area contributed by atoms with E-state index in [1.807, 2.05) is 0 Å². The molecule has 166 valence electrons. The topological polar surface area (TPSA) is 96.0 Å². The van der Waals surface area contributed by atoms with Crippen molar-refractivity contribution in [1.82, 2.24) is 9.21 Å². The highest BCUT2D eigenvalue weighted by molar-refractivity contribution is 7.89. The van der Waals surface area contributed by atoms with E-state index in [1.54, 1.807) is 6.92 Å². The van der Waals surface area contributed by atoms with Crippen molar-refractivity contribution in [3.05, 3.63) is 59.7 Å². The second kappa shape index (κ2) is 9.40. The predicted molar refractivity (Wildman–Crippen MR) is 108 cm³/mol. The van der Waals surface area contributed by atoms with E-state index in [-0.39, 0.29) is 48.9 Å². The lowest BCUT2D eigenvalue weighted by Gasteiger charge is -2.33. The molecule has 0 saturated carbocycles. The molecule has 0 aliphatic carbocycles. The fraction of sp³-hybridized carbons (Fsp3) is 0.300. The second-order valence-corrected chi connectivity index (χ2v) is 8.60. The minimum absolute atomic E-state index is 0.0362. The number of anilines is 1. The fourth-order valence-electron chi connectivity index (χ4n) is 3.07. The van der Waals surface area contributed by atoms with Crippen molar-refractivity contribution in [1.29, 1.82) is 0 Å². The van der Waals surface area contributed by atoms with Gasteiger partial charge in [0.1, 0.15) is 11.6 Å². The molecule has 2 aromatic carbocycles. The number of halogens is 2. The summed E-state index contributed by atoms with van der Waals surface area (Å²) in [4.78, 5) is 25.0. The van der Waals surface area contributed by atoms with Crippen LogP contribution in [0, 0.1) is 11.6 Å². The molecule has 1 heterocycles. The maximum Gasteiger partial charge on any atom is 0.409 e. The molecule has 1 aliphatic rings. The number of benzene rings is 2. The highest BCUT2D eigenvalue weighted by atomic mass is 32.2. The van der Waals surface area contributed by atoms with Crippen molar-refractivity contribution >= 4 is 27.7 Å². The van der Waals surface area contributed by atoms with Gasteiger partial charge in [-0.05, 0) is 37.3 Å². The summed E-state index contributed by atoms with van der Waals surface area (Å²) in [7, 11) is -4.01. The van der Waals surface area contributed by atoms with Gasteiger partial charge in [-0.15, -0.1) is 0 Å². The Morgan fingerprint density at radius 1 is 1.03 bits per heavy atom. The monoisotopic (exact) mass is 453 g/mol. The van der Waals surface area contributed by atoms with E-state index >= 15 is 0 Å². The van der Waals surface area contributed by atoms with E-state index < -0.39 is 33.7 Å². The number of rotatable bonds is 5. The quantitative estimate of drug-likeness (QED) is 0.751. The largest absolute Gasteiger partial charge is 0.450 e. The summed E-state index contributed by atoms with van der Waals surface area (Å²) in [6.45, 7) is 2.27. The highest BCUT2D eigenvalue weighted by Gasteiger charge is 2.31. The van der Waals surface area contributed by atoms with Crippen LogP contribution in [-0.2, 0) is 14.8 Å². The Hall–Kier alpha value is -3.05. The van der Waals surface area contributed by atoms with Crippen molar-refractivity contribution in [3.8, 4) is 0 Å². The third kappa shape index (κ3) is 5.00. The molecule has 2 aromatic rings. The lowest BCUT2D eigenvalue weighted by molar-refractivity contribution is 0.0933. The Morgan fingerprint density at radius 3 is 2.32 bits per heavy atom. The van der Waals surface area contributed by atoms with Gasteiger partial charge in [-0.3, -0.25) is 4.79 Å². The molecule has 11 heteroatoms. The van der Waals surface area contributed by atoms with Crippen LogP contribution in [0.2, 0.25) is 0 Å². The Kier molecular flexibility index (Phi) is 6.86. The Labute approximate surface area is 178 Å². The molecule has 0 radical (unpaired) electrons. The van der Waals surface area contributed by atoms with Gasteiger partial charge in [-0.2, -0.15) is 4.31 Å². The van der Waals surface area contributed by atoms with E-state index in [4.69, 9.17) is 4.74 Å². The molecule has 1 fully saturated rings. The summed E-state index contributed by atoms with van der Waals surface area (Å²) in [5.74, 6) is -2.60. The average molecular weight is 453 g/mol. The van der Waals surface area contributed by atoms with E-state index in [0.717, 1.165) is 28.6 Å². The van der Waals surface area contributed by atoms with Crippen LogP contribution in [0.15, 0.2) is 47.4 Å². The van der Waals surface area contributed by atoms with Crippen LogP contribution >= 0.6 is 0 Å². The van der Waals surface area contributed by atoms with Gasteiger partial charge in [0, 0.05) is 26.2 Å². The number of nitrogens with zero attached hydrogens (tertiary/aromatic N) is 2. The standard InChI is InChI=1S/C20H21F2N3O5S/c1-2-30-20(27)24-9-11-25(12-10-24)31(28,29)14-7-8-18(17(22)13-14)23-19(26)15-5-3-4-6-16(15)21/h3-8,13H,2,9-12H2,1H3,(H,23,26). The lowest BCUT2D eigenvalue weighted by atomic mass is 10.2. The number of carbonyl (C=O) groups is 2. The van der Waals surface area contributed by atoms with Gasteiger partial charge in [-0.25, -0.2) is 22.0 Å². The number of ether oxygens (including phenoxy) is 1. The predicted octanol–water partition coefficient (Wildman–Crippen LogP) is 2.68. The molecule has 1 saturated heterocycles. The smallest absolute Gasteiger partial charge is 0.409 e. The van der Waals surface area contributed by atoms with Gasteiger partial charge in [-0.1, -0.05) is 12.1 Å². The van der Waals surface area contributed by atoms with Crippen LogP contribution in [0.4, 0.5) is 19.3 Å². The van der Waals surface area contributed by atoms with Crippen molar-refractivity contribution in [2.45, 2.75) is 11.8 Å². The van der Waals surface area contributed by atoms with Gasteiger partial charge >= 0.3 is 6.09 Å². The molecule has 0 unspecified atom stereocenters. The zero-order chi connectivity index (χ0) is 22.6. The van der Waals surface area contributed by atoms with Gasteiger partial charge in [0.25, 0.3) is 5.91 Å². The van der Waals surface area contributed by atoms with E-state index in [9.17, 15) is 26.8 Å². The number of amides is 2. The van der Waals surface area contributed by atoms with Crippen LogP contribution in [-0.4, -0.2) is 62.4 Å². The first-order valence-corrected chi connectivity index (χ1v) is 11.0. The molecular formula is C20H21F2N3O5S. The minimum atomic E-state index is -4.01. The molecule has 31 heavy (non-hydrogen) atoms. The Balaban J connectivity index is 1.71. The second-order valence-electron chi connectivity index (χ2n) is 6.67. The van der Waals surface area contributed by atoms with Crippen LogP contribution in [0.1, 0.15) is 17.3 Å². The average Bonchev–Trinajstić information content (AvgIpc) is 2.75. The molecule has 1 aliphatic heterocycles. The zero-order valence-corrected chi connectivity index (χ0v) is 17.5. The van der Waals surface area contributed by atoms with Gasteiger partial charge in [0.05, 0.1) is 22.8 Å². The number of hydrogen-bond donors (Lipinski definition) is 1. The summed E-state index contributed by atoms with van der Waals surface area (Å²) in [6, 6.07) is 8.29. The maximum atomic E-state index is 14.5. The number of nitrogens with one attached hydrogen (secondary N) is 1. The first kappa shape index (κ1) is 22.6. The van der Waals surface area contributed by atoms with E-state index in [0.29, 0.717) is 0 Å². The summed E-state index contributed by atoms with van der Waals surface area (Å²) in [6.07, 6.45) is -0.513. The van der Waals surface area contributed by atoms with Crippen molar-refractivity contribution < 1.29 is 31.5 Å². The van der Waals surface area contributed by atoms with Gasteiger partial charge in [0.15, 0.2) is 0 Å². The molecular weight excluding hydrogens is 432 g/mol. The number of piperazine rings is 1. The summed E-state index contributed by atoms with van der Waals surface area (Å²) in [5.41, 5.74) is -0.544. The first-order chi connectivity index (χ1) is 14.7. The zero-order valence-electron chi connectivity index (χ0n) is 16.7. The summed E-state index contributed by atoms with van der Waals surface area (Å²) < 4.78 is 59.9. The molecule has 0 spiro atoms. The van der Waals surface area contributed by atoms with E-state index in [2.05, 4.69) is 5.32 Å². The number of hydrogen-bond acceptors (Lipinski definition) is 5. The third-order valence-corrected chi connectivity index (χ3v) is 6.60. The van der Waals surface area contributed by atoms with Gasteiger partial charge in [0.2, 0.25) is 10.0 Å². The van der Waals surface area contributed by atoms with Crippen LogP contribution < -0.4 is 5.32 Å². The maximum absolute atomic E-state index is 14.5. The Morgan fingerprint density at radius 2 is 1.71 bits per heavy atom. The lowest BCUT2D eigenvalue weighted by Crippen LogP contribution is -2.50.